The molecule has 1 saturated heterocycles. The number of alkyl halides is 1. The van der Waals surface area contributed by atoms with Crippen molar-refractivity contribution in [3.63, 3.8) is 0 Å². The lowest BCUT2D eigenvalue weighted by molar-refractivity contribution is 0.0601. The van der Waals surface area contributed by atoms with Gasteiger partial charge in [0.15, 0.2) is 0 Å². The molecule has 0 amide bonds. The molecule has 1 aliphatic rings. The molecular weight excluding hydrogens is 453 g/mol. The summed E-state index contributed by atoms with van der Waals surface area (Å²) in [5.74, 6) is 0.779. The summed E-state index contributed by atoms with van der Waals surface area (Å²) in [6, 6.07) is 9.77. The summed E-state index contributed by atoms with van der Waals surface area (Å²) in [7, 11) is 1.28. The lowest BCUT2D eigenvalue weighted by atomic mass is 10.1. The highest BCUT2D eigenvalue weighted by Crippen LogP contribution is 2.29. The van der Waals surface area contributed by atoms with Gasteiger partial charge in [-0.1, -0.05) is 0 Å². The number of aryl methyl sites for hydroxylation is 1. The average molecular weight is 484 g/mol. The highest BCUT2D eigenvalue weighted by atomic mass is 19.1. The molecule has 1 fully saturated rings. The number of halogens is 1. The fraction of sp³-hybridized carbons (Fsp3) is 0.423. The van der Waals surface area contributed by atoms with Crippen molar-refractivity contribution in [1.82, 2.24) is 14.5 Å². The third-order valence-corrected chi connectivity index (χ3v) is 6.05. The highest BCUT2D eigenvalue weighted by molar-refractivity contribution is 5.94. The Labute approximate surface area is 203 Å². The SMILES string of the molecule is COC(=O)c1ccc2nc(C)n(-c3ccc(OCCCN4CCCC4)cc3OCCF)c(=O)c2c1. The number of aromatic nitrogens is 2. The Morgan fingerprint density at radius 3 is 2.63 bits per heavy atom. The summed E-state index contributed by atoms with van der Waals surface area (Å²) < 4.78 is 30.7. The van der Waals surface area contributed by atoms with Crippen molar-refractivity contribution >= 4 is 16.9 Å². The van der Waals surface area contributed by atoms with Gasteiger partial charge in [0.1, 0.15) is 30.6 Å². The van der Waals surface area contributed by atoms with Crippen molar-refractivity contribution in [2.45, 2.75) is 26.2 Å². The standard InChI is InChI=1S/C26H30FN3O5/c1-18-28-22-8-6-19(26(32)33-2)16-21(22)25(31)30(18)23-9-7-20(17-24(23)35-15-10-27)34-14-5-13-29-11-3-4-12-29/h6-9,16-17H,3-5,10-15H2,1-2H3. The molecule has 186 valence electrons. The Bertz CT molecular complexity index is 1250. The molecule has 0 radical (unpaired) electrons. The lowest BCUT2D eigenvalue weighted by Gasteiger charge is -2.17. The minimum absolute atomic E-state index is 0.160. The molecule has 0 spiro atoms. The van der Waals surface area contributed by atoms with Crippen molar-refractivity contribution < 1.29 is 23.4 Å². The Morgan fingerprint density at radius 1 is 1.09 bits per heavy atom. The second-order valence-corrected chi connectivity index (χ2v) is 8.44. The Hall–Kier alpha value is -3.46. The minimum Gasteiger partial charge on any atom is -0.493 e. The third kappa shape index (κ3) is 5.62. The van der Waals surface area contributed by atoms with Crippen LogP contribution in [-0.2, 0) is 4.74 Å². The number of fused-ring (bicyclic) bond motifs is 1. The Balaban J connectivity index is 1.64. The van der Waals surface area contributed by atoms with Crippen LogP contribution in [0.15, 0.2) is 41.2 Å². The van der Waals surface area contributed by atoms with E-state index in [1.165, 1.54) is 30.6 Å². The number of ether oxygens (including phenoxy) is 3. The molecule has 0 bridgehead atoms. The van der Waals surface area contributed by atoms with Crippen LogP contribution in [0, 0.1) is 6.92 Å². The highest BCUT2D eigenvalue weighted by Gasteiger charge is 2.17. The maximum absolute atomic E-state index is 13.5. The smallest absolute Gasteiger partial charge is 0.337 e. The van der Waals surface area contributed by atoms with Crippen LogP contribution in [0.25, 0.3) is 16.6 Å². The van der Waals surface area contributed by atoms with Crippen molar-refractivity contribution in [3.8, 4) is 17.2 Å². The largest absolute Gasteiger partial charge is 0.493 e. The summed E-state index contributed by atoms with van der Waals surface area (Å²) in [5.41, 5.74) is 0.757. The summed E-state index contributed by atoms with van der Waals surface area (Å²) >= 11 is 0. The van der Waals surface area contributed by atoms with Crippen molar-refractivity contribution in [2.75, 3.05) is 46.6 Å². The number of carbonyl (C=O) groups is 1. The van der Waals surface area contributed by atoms with Crippen LogP contribution in [0.5, 0.6) is 11.5 Å². The number of hydrogen-bond donors (Lipinski definition) is 0. The number of esters is 1. The quantitative estimate of drug-likeness (QED) is 0.321. The minimum atomic E-state index is -0.674. The molecular formula is C26H30FN3O5. The van der Waals surface area contributed by atoms with E-state index in [1.54, 1.807) is 37.3 Å². The molecule has 0 aliphatic carbocycles. The van der Waals surface area contributed by atoms with E-state index in [1.807, 2.05) is 0 Å². The van der Waals surface area contributed by atoms with Crippen LogP contribution < -0.4 is 15.0 Å². The molecule has 3 aromatic rings. The lowest BCUT2D eigenvalue weighted by Crippen LogP contribution is -2.23. The number of benzene rings is 2. The van der Waals surface area contributed by atoms with Crippen LogP contribution in [-0.4, -0.2) is 67.1 Å². The molecule has 4 rings (SSSR count). The predicted molar refractivity (Wildman–Crippen MR) is 131 cm³/mol. The van der Waals surface area contributed by atoms with E-state index in [9.17, 15) is 14.0 Å². The van der Waals surface area contributed by atoms with Crippen LogP contribution in [0.2, 0.25) is 0 Å². The summed E-state index contributed by atoms with van der Waals surface area (Å²) in [6.07, 6.45) is 3.41. The first-order valence-electron chi connectivity index (χ1n) is 11.8. The molecule has 2 heterocycles. The fourth-order valence-electron chi connectivity index (χ4n) is 4.34. The number of likely N-dealkylation sites (tertiary alicyclic amines) is 1. The third-order valence-electron chi connectivity index (χ3n) is 6.05. The fourth-order valence-corrected chi connectivity index (χ4v) is 4.34. The van der Waals surface area contributed by atoms with E-state index in [4.69, 9.17) is 14.2 Å². The Kier molecular flexibility index (Phi) is 7.97. The van der Waals surface area contributed by atoms with Gasteiger partial charge in [0.05, 0.1) is 35.9 Å². The molecule has 8 nitrogen and oxygen atoms in total. The van der Waals surface area contributed by atoms with Gasteiger partial charge in [-0.25, -0.2) is 14.2 Å². The zero-order valence-electron chi connectivity index (χ0n) is 20.1. The predicted octanol–water partition coefficient (Wildman–Crippen LogP) is 3.69. The van der Waals surface area contributed by atoms with Gasteiger partial charge >= 0.3 is 5.97 Å². The molecule has 2 aromatic carbocycles. The van der Waals surface area contributed by atoms with Gasteiger partial charge in [-0.15, -0.1) is 0 Å². The van der Waals surface area contributed by atoms with E-state index < -0.39 is 12.6 Å². The average Bonchev–Trinajstić information content (AvgIpc) is 3.39. The van der Waals surface area contributed by atoms with E-state index in [-0.39, 0.29) is 23.1 Å². The van der Waals surface area contributed by atoms with E-state index in [0.717, 1.165) is 26.1 Å². The normalized spacial score (nSPS) is 13.8. The first kappa shape index (κ1) is 24.7. The molecule has 1 aliphatic heterocycles. The summed E-state index contributed by atoms with van der Waals surface area (Å²) in [5, 5.41) is 0.261. The molecule has 1 aromatic heterocycles. The number of carbonyl (C=O) groups excluding carboxylic acids is 1. The monoisotopic (exact) mass is 483 g/mol. The van der Waals surface area contributed by atoms with Gasteiger partial charge < -0.3 is 19.1 Å². The van der Waals surface area contributed by atoms with Gasteiger partial charge in [0, 0.05) is 12.6 Å². The van der Waals surface area contributed by atoms with Crippen LogP contribution >= 0.6 is 0 Å². The zero-order chi connectivity index (χ0) is 24.8. The van der Waals surface area contributed by atoms with Crippen LogP contribution in [0.1, 0.15) is 35.4 Å². The molecule has 35 heavy (non-hydrogen) atoms. The van der Waals surface area contributed by atoms with Crippen molar-refractivity contribution in [3.05, 3.63) is 58.1 Å². The van der Waals surface area contributed by atoms with E-state index in [2.05, 4.69) is 9.88 Å². The van der Waals surface area contributed by atoms with Crippen LogP contribution in [0.4, 0.5) is 4.39 Å². The maximum atomic E-state index is 13.5. The van der Waals surface area contributed by atoms with Crippen LogP contribution in [0.3, 0.4) is 0 Å². The molecule has 0 unspecified atom stereocenters. The molecule has 0 N–H and O–H groups in total. The van der Waals surface area contributed by atoms with Gasteiger partial charge in [-0.05, 0) is 69.6 Å². The van der Waals surface area contributed by atoms with Gasteiger partial charge in [0.2, 0.25) is 0 Å². The number of nitrogens with zero attached hydrogens (tertiary/aromatic N) is 3. The van der Waals surface area contributed by atoms with Crippen molar-refractivity contribution in [1.29, 1.82) is 0 Å². The van der Waals surface area contributed by atoms with Gasteiger partial charge in [-0.2, -0.15) is 0 Å². The first-order valence-corrected chi connectivity index (χ1v) is 11.8. The second-order valence-electron chi connectivity index (χ2n) is 8.44. The molecule has 0 atom stereocenters. The first-order chi connectivity index (χ1) is 17.0. The van der Waals surface area contributed by atoms with Gasteiger partial charge in [-0.3, -0.25) is 9.36 Å². The summed E-state index contributed by atoms with van der Waals surface area (Å²) in [4.78, 5) is 32.4. The number of rotatable bonds is 10. The Morgan fingerprint density at radius 2 is 1.89 bits per heavy atom. The summed E-state index contributed by atoms with van der Waals surface area (Å²) in [6.45, 7) is 4.70. The maximum Gasteiger partial charge on any atom is 0.337 e. The van der Waals surface area contributed by atoms with E-state index >= 15 is 0 Å². The molecule has 0 saturated carbocycles. The van der Waals surface area contributed by atoms with Gasteiger partial charge in [0.25, 0.3) is 5.56 Å². The topological polar surface area (TPSA) is 82.9 Å². The molecule has 9 heteroatoms. The van der Waals surface area contributed by atoms with E-state index in [0.29, 0.717) is 35.1 Å². The second kappa shape index (κ2) is 11.3. The number of methoxy groups -OCH3 is 1. The zero-order valence-corrected chi connectivity index (χ0v) is 20.1. The number of hydrogen-bond acceptors (Lipinski definition) is 7. The van der Waals surface area contributed by atoms with Crippen molar-refractivity contribution in [2.24, 2.45) is 0 Å².